The van der Waals surface area contributed by atoms with Crippen molar-refractivity contribution < 1.29 is 22.4 Å². The van der Waals surface area contributed by atoms with Crippen LogP contribution >= 0.6 is 11.6 Å². The van der Waals surface area contributed by atoms with Crippen LogP contribution in [0.15, 0.2) is 0 Å². The van der Waals surface area contributed by atoms with Crippen LogP contribution in [0.5, 0.6) is 0 Å². The Kier molecular flexibility index (Phi) is 7.08. The van der Waals surface area contributed by atoms with E-state index in [1.807, 2.05) is 19.0 Å². The van der Waals surface area contributed by atoms with Crippen molar-refractivity contribution in [3.63, 3.8) is 0 Å². The lowest BCUT2D eigenvalue weighted by atomic mass is 10.3. The summed E-state index contributed by atoms with van der Waals surface area (Å²) in [4.78, 5) is 13.6. The Morgan fingerprint density at radius 2 is 1.95 bits per heavy atom. The molecule has 0 radical (unpaired) electrons. The maximum absolute atomic E-state index is 12.9. The van der Waals surface area contributed by atoms with E-state index in [1.54, 1.807) is 0 Å². The minimum atomic E-state index is -3.10. The Morgan fingerprint density at radius 3 is 2.45 bits per heavy atom. The molecule has 0 spiro atoms. The Labute approximate surface area is 130 Å². The van der Waals surface area contributed by atoms with E-state index >= 15 is 0 Å². The van der Waals surface area contributed by atoms with E-state index in [4.69, 9.17) is 11.6 Å². The number of nitrogens with zero attached hydrogens (tertiary/aromatic N) is 3. The maximum atomic E-state index is 12.9. The first-order valence-corrected chi connectivity index (χ1v) is 6.85. The maximum Gasteiger partial charge on any atom is 0.283 e. The van der Waals surface area contributed by atoms with E-state index in [0.29, 0.717) is 17.6 Å². The number of hydrogen-bond donors (Lipinski definition) is 1. The van der Waals surface area contributed by atoms with Crippen LogP contribution in [0.3, 0.4) is 0 Å². The first-order valence-electron chi connectivity index (χ1n) is 6.47. The highest BCUT2D eigenvalue weighted by Gasteiger charge is 2.28. The average Bonchev–Trinajstić information content (AvgIpc) is 2.71. The molecule has 1 aromatic heterocycles. The predicted octanol–water partition coefficient (Wildman–Crippen LogP) is 2.48. The van der Waals surface area contributed by atoms with E-state index in [2.05, 4.69) is 10.4 Å². The molecular formula is C12H17ClF4N4O. The summed E-state index contributed by atoms with van der Waals surface area (Å²) in [5, 5.41) is 5.02. The molecule has 1 heterocycles. The molecule has 1 N–H and O–H groups in total. The predicted molar refractivity (Wildman–Crippen MR) is 73.3 cm³/mol. The third-order valence-corrected chi connectivity index (χ3v) is 3.15. The number of carbonyl (C=O) groups excluding carboxylic acids is 1. The fourth-order valence-corrected chi connectivity index (χ4v) is 2.06. The standard InChI is InChI=1S/C12H17ClF4N4O/c1-20(2)5-3-4-18-7(22)6-21-10(12(16)17)8(13)9(19-21)11(14)15/h11-12H,3-6H2,1-2H3,(H,18,22). The second kappa shape index (κ2) is 8.33. The summed E-state index contributed by atoms with van der Waals surface area (Å²) in [5.74, 6) is -0.597. The molecule has 0 fully saturated rings. The molecule has 0 aromatic carbocycles. The summed E-state index contributed by atoms with van der Waals surface area (Å²) in [7, 11) is 3.74. The molecule has 0 aliphatic rings. The van der Waals surface area contributed by atoms with Gasteiger partial charge in [-0.25, -0.2) is 17.6 Å². The van der Waals surface area contributed by atoms with Gasteiger partial charge in [-0.3, -0.25) is 9.48 Å². The third-order valence-electron chi connectivity index (χ3n) is 2.77. The van der Waals surface area contributed by atoms with Crippen molar-refractivity contribution in [2.45, 2.75) is 25.8 Å². The van der Waals surface area contributed by atoms with E-state index in [0.717, 1.165) is 6.54 Å². The Hall–Kier alpha value is -1.35. The zero-order valence-electron chi connectivity index (χ0n) is 12.1. The number of rotatable bonds is 8. The van der Waals surface area contributed by atoms with Gasteiger partial charge in [0.25, 0.3) is 12.9 Å². The van der Waals surface area contributed by atoms with Crippen LogP contribution in [-0.4, -0.2) is 47.8 Å². The molecule has 5 nitrogen and oxygen atoms in total. The Morgan fingerprint density at radius 1 is 1.32 bits per heavy atom. The van der Waals surface area contributed by atoms with Gasteiger partial charge in [-0.2, -0.15) is 5.10 Å². The molecule has 1 amide bonds. The topological polar surface area (TPSA) is 50.2 Å². The normalized spacial score (nSPS) is 11.7. The first-order chi connectivity index (χ1) is 10.2. The largest absolute Gasteiger partial charge is 0.354 e. The molecular weight excluding hydrogens is 328 g/mol. The quantitative estimate of drug-likeness (QED) is 0.582. The van der Waals surface area contributed by atoms with Crippen LogP contribution in [0.4, 0.5) is 17.6 Å². The second-order valence-electron chi connectivity index (χ2n) is 4.85. The summed E-state index contributed by atoms with van der Waals surface area (Å²) in [6.45, 7) is 0.498. The van der Waals surface area contributed by atoms with E-state index < -0.39 is 41.7 Å². The molecule has 0 unspecified atom stereocenters. The van der Waals surface area contributed by atoms with Crippen molar-refractivity contribution in [2.75, 3.05) is 27.2 Å². The van der Waals surface area contributed by atoms with Gasteiger partial charge < -0.3 is 10.2 Å². The van der Waals surface area contributed by atoms with Crippen molar-refractivity contribution in [2.24, 2.45) is 0 Å². The molecule has 126 valence electrons. The van der Waals surface area contributed by atoms with Gasteiger partial charge in [0.1, 0.15) is 17.9 Å². The lowest BCUT2D eigenvalue weighted by Gasteiger charge is -2.10. The zero-order valence-corrected chi connectivity index (χ0v) is 12.9. The first kappa shape index (κ1) is 18.7. The molecule has 1 rings (SSSR count). The van der Waals surface area contributed by atoms with Crippen molar-refractivity contribution in [3.8, 4) is 0 Å². The van der Waals surface area contributed by atoms with Gasteiger partial charge in [0.15, 0.2) is 0 Å². The highest BCUT2D eigenvalue weighted by molar-refractivity contribution is 6.32. The van der Waals surface area contributed by atoms with Gasteiger partial charge in [0.05, 0.1) is 5.02 Å². The van der Waals surface area contributed by atoms with E-state index in [1.165, 1.54) is 0 Å². The molecule has 0 atom stereocenters. The van der Waals surface area contributed by atoms with Gasteiger partial charge in [0, 0.05) is 6.54 Å². The lowest BCUT2D eigenvalue weighted by molar-refractivity contribution is -0.121. The van der Waals surface area contributed by atoms with E-state index in [9.17, 15) is 22.4 Å². The molecule has 0 aliphatic carbocycles. The summed E-state index contributed by atoms with van der Waals surface area (Å²) in [5.41, 5.74) is -1.82. The smallest absolute Gasteiger partial charge is 0.283 e. The minimum Gasteiger partial charge on any atom is -0.354 e. The van der Waals surface area contributed by atoms with Crippen LogP contribution < -0.4 is 5.32 Å². The SMILES string of the molecule is CN(C)CCCNC(=O)Cn1nc(C(F)F)c(Cl)c1C(F)F. The molecule has 0 aliphatic heterocycles. The number of carbonyl (C=O) groups is 1. The lowest BCUT2D eigenvalue weighted by Crippen LogP contribution is -2.31. The van der Waals surface area contributed by atoms with Crippen molar-refractivity contribution >= 4 is 17.5 Å². The van der Waals surface area contributed by atoms with Crippen molar-refractivity contribution in [1.82, 2.24) is 20.0 Å². The van der Waals surface area contributed by atoms with Crippen LogP contribution in [0.25, 0.3) is 0 Å². The monoisotopic (exact) mass is 344 g/mol. The zero-order chi connectivity index (χ0) is 16.9. The fourth-order valence-electron chi connectivity index (χ4n) is 1.76. The van der Waals surface area contributed by atoms with Crippen LogP contribution in [-0.2, 0) is 11.3 Å². The molecule has 1 aromatic rings. The summed E-state index contributed by atoms with van der Waals surface area (Å²) in [6.07, 6.45) is -5.52. The summed E-state index contributed by atoms with van der Waals surface area (Å²) >= 11 is 5.48. The van der Waals surface area contributed by atoms with Crippen LogP contribution in [0, 0.1) is 0 Å². The molecule has 22 heavy (non-hydrogen) atoms. The summed E-state index contributed by atoms with van der Waals surface area (Å²) in [6, 6.07) is 0. The van der Waals surface area contributed by atoms with Crippen molar-refractivity contribution in [3.05, 3.63) is 16.4 Å². The van der Waals surface area contributed by atoms with Gasteiger partial charge in [-0.05, 0) is 27.1 Å². The number of halogens is 5. The Bertz CT molecular complexity index is 508. The average molecular weight is 345 g/mol. The molecule has 0 saturated carbocycles. The molecule has 0 bridgehead atoms. The highest BCUT2D eigenvalue weighted by atomic mass is 35.5. The fraction of sp³-hybridized carbons (Fsp3) is 0.667. The van der Waals surface area contributed by atoms with Crippen LogP contribution in [0.1, 0.15) is 30.7 Å². The number of amides is 1. The minimum absolute atomic E-state index is 0.345. The number of aromatic nitrogens is 2. The van der Waals surface area contributed by atoms with Crippen LogP contribution in [0.2, 0.25) is 5.02 Å². The third kappa shape index (κ3) is 5.13. The number of nitrogens with one attached hydrogen (secondary N) is 1. The second-order valence-corrected chi connectivity index (χ2v) is 5.23. The van der Waals surface area contributed by atoms with Gasteiger partial charge in [-0.1, -0.05) is 11.6 Å². The Balaban J connectivity index is 2.72. The highest BCUT2D eigenvalue weighted by Crippen LogP contribution is 2.34. The van der Waals surface area contributed by atoms with Gasteiger partial charge >= 0.3 is 0 Å². The molecule has 10 heteroatoms. The number of hydrogen-bond acceptors (Lipinski definition) is 3. The van der Waals surface area contributed by atoms with Crippen molar-refractivity contribution in [1.29, 1.82) is 0 Å². The molecule has 0 saturated heterocycles. The van der Waals surface area contributed by atoms with Gasteiger partial charge in [0.2, 0.25) is 5.91 Å². The van der Waals surface area contributed by atoms with E-state index in [-0.39, 0.29) is 0 Å². The summed E-state index contributed by atoms with van der Waals surface area (Å²) < 4.78 is 51.6. The number of alkyl halides is 4. The van der Waals surface area contributed by atoms with Gasteiger partial charge in [-0.15, -0.1) is 0 Å².